The Bertz CT molecular complexity index is 1090. The number of nitrogens with one attached hydrogen (secondary N) is 2. The normalized spacial score (nSPS) is 14.1. The van der Waals surface area contributed by atoms with Gasteiger partial charge in [0.1, 0.15) is 5.82 Å². The molecule has 0 saturated heterocycles. The molecule has 6 heteroatoms. The molecule has 0 aliphatic heterocycles. The summed E-state index contributed by atoms with van der Waals surface area (Å²) in [5.41, 5.74) is 2.45. The molecule has 0 radical (unpaired) electrons. The van der Waals surface area contributed by atoms with E-state index in [2.05, 4.69) is 26.6 Å². The van der Waals surface area contributed by atoms with Gasteiger partial charge in [0.05, 0.1) is 5.41 Å². The third-order valence-corrected chi connectivity index (χ3v) is 5.80. The van der Waals surface area contributed by atoms with E-state index in [0.717, 1.165) is 28.4 Å². The third kappa shape index (κ3) is 4.44. The molecule has 152 valence electrons. The van der Waals surface area contributed by atoms with Crippen LogP contribution in [0.3, 0.4) is 0 Å². The number of anilines is 1. The van der Waals surface area contributed by atoms with Crippen LogP contribution < -0.4 is 10.6 Å². The lowest BCUT2D eigenvalue weighted by Gasteiger charge is -2.16. The summed E-state index contributed by atoms with van der Waals surface area (Å²) in [6.07, 6.45) is 1.67. The van der Waals surface area contributed by atoms with E-state index in [9.17, 15) is 14.0 Å². The van der Waals surface area contributed by atoms with Gasteiger partial charge in [-0.25, -0.2) is 4.39 Å². The van der Waals surface area contributed by atoms with E-state index in [-0.39, 0.29) is 17.6 Å². The van der Waals surface area contributed by atoms with Crippen molar-refractivity contribution in [3.8, 4) is 0 Å². The van der Waals surface area contributed by atoms with Crippen molar-refractivity contribution in [2.75, 3.05) is 5.32 Å². The van der Waals surface area contributed by atoms with Crippen LogP contribution >= 0.6 is 15.9 Å². The maximum atomic E-state index is 13.0. The largest absolute Gasteiger partial charge is 0.351 e. The van der Waals surface area contributed by atoms with E-state index in [4.69, 9.17) is 0 Å². The summed E-state index contributed by atoms with van der Waals surface area (Å²) < 4.78 is 14.0. The maximum absolute atomic E-state index is 13.0. The Balaban J connectivity index is 1.39. The smallest absolute Gasteiger partial charge is 0.255 e. The lowest BCUT2D eigenvalue weighted by molar-refractivity contribution is -0.123. The van der Waals surface area contributed by atoms with Crippen LogP contribution in [-0.2, 0) is 16.8 Å². The molecule has 0 unspecified atom stereocenters. The first-order valence-electron chi connectivity index (χ1n) is 9.66. The zero-order valence-corrected chi connectivity index (χ0v) is 17.7. The molecule has 0 atom stereocenters. The second-order valence-corrected chi connectivity index (χ2v) is 8.35. The van der Waals surface area contributed by atoms with E-state index in [1.807, 2.05) is 42.5 Å². The van der Waals surface area contributed by atoms with Crippen molar-refractivity contribution in [2.45, 2.75) is 24.8 Å². The molecule has 0 bridgehead atoms. The average Bonchev–Trinajstić information content (AvgIpc) is 3.55. The highest BCUT2D eigenvalue weighted by Gasteiger charge is 2.51. The Labute approximate surface area is 182 Å². The number of carbonyl (C=O) groups excluding carboxylic acids is 2. The third-order valence-electron chi connectivity index (χ3n) is 5.31. The molecule has 0 aromatic heterocycles. The van der Waals surface area contributed by atoms with E-state index in [0.29, 0.717) is 17.8 Å². The van der Waals surface area contributed by atoms with Crippen molar-refractivity contribution in [1.82, 2.24) is 5.32 Å². The van der Waals surface area contributed by atoms with Crippen molar-refractivity contribution in [3.05, 3.63) is 99.8 Å². The molecule has 1 saturated carbocycles. The Morgan fingerprint density at radius 2 is 1.70 bits per heavy atom. The quantitative estimate of drug-likeness (QED) is 0.525. The molecule has 2 amide bonds. The number of carbonyl (C=O) groups is 2. The minimum Gasteiger partial charge on any atom is -0.351 e. The summed E-state index contributed by atoms with van der Waals surface area (Å²) >= 11 is 3.47. The van der Waals surface area contributed by atoms with E-state index >= 15 is 0 Å². The topological polar surface area (TPSA) is 58.2 Å². The van der Waals surface area contributed by atoms with Crippen molar-refractivity contribution in [1.29, 1.82) is 0 Å². The standard InChI is InChI=1S/C24H20BrFN2O2/c25-19-5-2-4-18(14-19)24(11-12-24)23(30)27-15-16-3-1-6-21(13-16)28-22(29)17-7-9-20(26)10-8-17/h1-10,13-14H,11-12,15H2,(H,27,30)(H,28,29). The molecular weight excluding hydrogens is 447 g/mol. The van der Waals surface area contributed by atoms with Gasteiger partial charge in [-0.2, -0.15) is 0 Å². The predicted octanol–water partition coefficient (Wildman–Crippen LogP) is 5.19. The fourth-order valence-corrected chi connectivity index (χ4v) is 3.87. The van der Waals surface area contributed by atoms with Gasteiger partial charge in [-0.3, -0.25) is 9.59 Å². The Hall–Kier alpha value is -2.99. The maximum Gasteiger partial charge on any atom is 0.255 e. The second-order valence-electron chi connectivity index (χ2n) is 7.44. The fraction of sp³-hybridized carbons (Fsp3) is 0.167. The van der Waals surface area contributed by atoms with Gasteiger partial charge in [-0.1, -0.05) is 40.2 Å². The van der Waals surface area contributed by atoms with Crippen LogP contribution in [0.1, 0.15) is 34.3 Å². The molecule has 4 nitrogen and oxygen atoms in total. The predicted molar refractivity (Wildman–Crippen MR) is 118 cm³/mol. The summed E-state index contributed by atoms with van der Waals surface area (Å²) in [6, 6.07) is 20.6. The molecule has 0 heterocycles. The van der Waals surface area contributed by atoms with Crippen LogP contribution in [0.2, 0.25) is 0 Å². The lowest BCUT2D eigenvalue weighted by Crippen LogP contribution is -2.34. The average molecular weight is 467 g/mol. The molecule has 4 rings (SSSR count). The first-order chi connectivity index (χ1) is 14.5. The van der Waals surface area contributed by atoms with Crippen molar-refractivity contribution < 1.29 is 14.0 Å². The Morgan fingerprint density at radius 1 is 0.967 bits per heavy atom. The lowest BCUT2D eigenvalue weighted by atomic mass is 9.95. The van der Waals surface area contributed by atoms with Crippen LogP contribution in [-0.4, -0.2) is 11.8 Å². The van der Waals surface area contributed by atoms with Crippen molar-refractivity contribution >= 4 is 33.4 Å². The summed E-state index contributed by atoms with van der Waals surface area (Å²) in [6.45, 7) is 0.370. The molecule has 0 spiro atoms. The van der Waals surface area contributed by atoms with Gasteiger partial charge in [-0.05, 0) is 72.5 Å². The molecular formula is C24H20BrFN2O2. The van der Waals surface area contributed by atoms with E-state index in [1.165, 1.54) is 24.3 Å². The molecule has 30 heavy (non-hydrogen) atoms. The molecule has 1 aliphatic carbocycles. The van der Waals surface area contributed by atoms with Gasteiger partial charge in [0.2, 0.25) is 5.91 Å². The summed E-state index contributed by atoms with van der Waals surface area (Å²) in [7, 11) is 0. The Morgan fingerprint density at radius 3 is 2.40 bits per heavy atom. The van der Waals surface area contributed by atoms with Crippen molar-refractivity contribution in [3.63, 3.8) is 0 Å². The van der Waals surface area contributed by atoms with Gasteiger partial charge in [0, 0.05) is 22.3 Å². The minimum atomic E-state index is -0.446. The van der Waals surface area contributed by atoms with Gasteiger partial charge in [0.15, 0.2) is 0 Å². The SMILES string of the molecule is O=C(Nc1cccc(CNC(=O)C2(c3cccc(Br)c3)CC2)c1)c1ccc(F)cc1. The van der Waals surface area contributed by atoms with Crippen molar-refractivity contribution in [2.24, 2.45) is 0 Å². The highest BCUT2D eigenvalue weighted by atomic mass is 79.9. The van der Waals surface area contributed by atoms with Gasteiger partial charge < -0.3 is 10.6 Å². The zero-order chi connectivity index (χ0) is 21.1. The molecule has 1 aliphatic rings. The van der Waals surface area contributed by atoms with E-state index in [1.54, 1.807) is 6.07 Å². The summed E-state index contributed by atoms with van der Waals surface area (Å²) in [5.74, 6) is -0.690. The number of halogens is 2. The Kier molecular flexibility index (Phi) is 5.68. The highest BCUT2D eigenvalue weighted by molar-refractivity contribution is 9.10. The van der Waals surface area contributed by atoms with Gasteiger partial charge >= 0.3 is 0 Å². The molecule has 3 aromatic rings. The van der Waals surface area contributed by atoms with Crippen LogP contribution in [0.15, 0.2) is 77.3 Å². The summed E-state index contributed by atoms with van der Waals surface area (Å²) in [5, 5.41) is 5.83. The molecule has 3 aromatic carbocycles. The highest BCUT2D eigenvalue weighted by Crippen LogP contribution is 2.48. The molecule has 1 fully saturated rings. The van der Waals surface area contributed by atoms with Crippen LogP contribution in [0, 0.1) is 5.82 Å². The van der Waals surface area contributed by atoms with E-state index < -0.39 is 5.41 Å². The minimum absolute atomic E-state index is 0.0151. The number of hydrogen-bond acceptors (Lipinski definition) is 2. The van der Waals surface area contributed by atoms with Crippen LogP contribution in [0.5, 0.6) is 0 Å². The number of benzene rings is 3. The van der Waals surface area contributed by atoms with Gasteiger partial charge in [-0.15, -0.1) is 0 Å². The zero-order valence-electron chi connectivity index (χ0n) is 16.1. The number of amides is 2. The first-order valence-corrected chi connectivity index (χ1v) is 10.5. The first kappa shape index (κ1) is 20.3. The monoisotopic (exact) mass is 466 g/mol. The number of rotatable bonds is 6. The van der Waals surface area contributed by atoms with Gasteiger partial charge in [0.25, 0.3) is 5.91 Å². The van der Waals surface area contributed by atoms with Crippen LogP contribution in [0.4, 0.5) is 10.1 Å². The number of hydrogen-bond donors (Lipinski definition) is 2. The van der Waals surface area contributed by atoms with Crippen LogP contribution in [0.25, 0.3) is 0 Å². The second kappa shape index (κ2) is 8.40. The summed E-state index contributed by atoms with van der Waals surface area (Å²) in [4.78, 5) is 25.2. The fourth-order valence-electron chi connectivity index (χ4n) is 3.47. The molecule has 2 N–H and O–H groups in total.